The van der Waals surface area contributed by atoms with Crippen LogP contribution in [0.4, 0.5) is 0 Å². The Morgan fingerprint density at radius 1 is 1.13 bits per heavy atom. The first-order valence-electron chi connectivity index (χ1n) is 10.8. The van der Waals surface area contributed by atoms with Crippen LogP contribution in [0.3, 0.4) is 0 Å². The van der Waals surface area contributed by atoms with E-state index in [4.69, 9.17) is 14.0 Å². The number of nitrogens with zero attached hydrogens (tertiary/aromatic N) is 1. The van der Waals surface area contributed by atoms with Crippen LogP contribution in [-0.2, 0) is 14.3 Å². The van der Waals surface area contributed by atoms with Crippen molar-refractivity contribution in [1.82, 2.24) is 15.8 Å². The maximum Gasteiger partial charge on any atom is 0.235 e. The Balaban J connectivity index is 1.33. The van der Waals surface area contributed by atoms with Crippen molar-refractivity contribution >= 4 is 33.6 Å². The molecule has 0 bridgehead atoms. The van der Waals surface area contributed by atoms with Gasteiger partial charge in [-0.3, -0.25) is 14.9 Å². The van der Waals surface area contributed by atoms with Crippen LogP contribution in [0.15, 0.2) is 34.9 Å². The van der Waals surface area contributed by atoms with Crippen LogP contribution in [0.1, 0.15) is 37.3 Å². The van der Waals surface area contributed by atoms with E-state index in [1.807, 2.05) is 30.3 Å². The third-order valence-electron chi connectivity index (χ3n) is 6.05. The Morgan fingerprint density at radius 3 is 2.84 bits per heavy atom. The lowest BCUT2D eigenvalue weighted by molar-refractivity contribution is -0.134. The van der Waals surface area contributed by atoms with Crippen molar-refractivity contribution in [2.24, 2.45) is 0 Å². The molecule has 8 nitrogen and oxygen atoms in total. The summed E-state index contributed by atoms with van der Waals surface area (Å²) in [5.41, 5.74) is 1.21. The van der Waals surface area contributed by atoms with Gasteiger partial charge in [0.1, 0.15) is 18.1 Å². The molecule has 0 radical (unpaired) electrons. The van der Waals surface area contributed by atoms with Crippen LogP contribution in [-0.4, -0.2) is 49.4 Å². The van der Waals surface area contributed by atoms with Gasteiger partial charge in [-0.25, -0.2) is 0 Å². The predicted octanol–water partition coefficient (Wildman–Crippen LogP) is 2.65. The number of rotatable bonds is 6. The van der Waals surface area contributed by atoms with E-state index in [0.29, 0.717) is 36.8 Å². The highest BCUT2D eigenvalue weighted by atomic mass is 16.5. The van der Waals surface area contributed by atoms with Gasteiger partial charge in [-0.1, -0.05) is 11.2 Å². The second-order valence-electron chi connectivity index (χ2n) is 8.08. The SMILES string of the molecule is O=C1CC[C@@H](c2noc3ccc4cc(OCCNC5CCOCC5)ccc4c23)C(=O)N1. The first kappa shape index (κ1) is 20.0. The van der Waals surface area contributed by atoms with Gasteiger partial charge in [-0.2, -0.15) is 0 Å². The highest BCUT2D eigenvalue weighted by Crippen LogP contribution is 2.36. The van der Waals surface area contributed by atoms with E-state index in [1.165, 1.54) is 0 Å². The second kappa shape index (κ2) is 8.64. The number of piperidine rings is 1. The van der Waals surface area contributed by atoms with Crippen LogP contribution in [0.5, 0.6) is 5.75 Å². The standard InChI is InChI=1S/C23H25N3O5/c27-20-6-4-18(23(28)25-20)22-21-17-3-2-16(13-14(17)1-5-19(21)31-26-22)30-12-9-24-15-7-10-29-11-8-15/h1-3,5,13,15,18,24H,4,6-12H2,(H,25,27,28)/t18-/m0/s1. The fraction of sp³-hybridized carbons (Fsp3) is 0.435. The van der Waals surface area contributed by atoms with Crippen LogP contribution >= 0.6 is 0 Å². The zero-order valence-corrected chi connectivity index (χ0v) is 17.2. The maximum atomic E-state index is 12.4. The molecule has 2 saturated heterocycles. The summed E-state index contributed by atoms with van der Waals surface area (Å²) in [4.78, 5) is 23.9. The fourth-order valence-electron chi connectivity index (χ4n) is 4.39. The molecule has 2 fully saturated rings. The molecule has 2 aromatic carbocycles. The van der Waals surface area contributed by atoms with Crippen LogP contribution in [0, 0.1) is 0 Å². The van der Waals surface area contributed by atoms with Crippen LogP contribution in [0.25, 0.3) is 21.7 Å². The molecule has 0 unspecified atom stereocenters. The number of carbonyl (C=O) groups is 2. The molecule has 0 saturated carbocycles. The Bertz CT molecular complexity index is 1120. The van der Waals surface area contributed by atoms with Gasteiger partial charge < -0.3 is 19.3 Å². The summed E-state index contributed by atoms with van der Waals surface area (Å²) >= 11 is 0. The molecular weight excluding hydrogens is 398 g/mol. The van der Waals surface area contributed by atoms with Crippen LogP contribution < -0.4 is 15.4 Å². The summed E-state index contributed by atoms with van der Waals surface area (Å²) in [6.45, 7) is 3.01. The van der Waals surface area contributed by atoms with E-state index >= 15 is 0 Å². The Hall–Kier alpha value is -2.97. The second-order valence-corrected chi connectivity index (χ2v) is 8.08. The molecule has 2 N–H and O–H groups in total. The van der Waals surface area contributed by atoms with E-state index in [9.17, 15) is 9.59 Å². The molecule has 162 valence electrons. The van der Waals surface area contributed by atoms with E-state index in [1.54, 1.807) is 0 Å². The fourth-order valence-corrected chi connectivity index (χ4v) is 4.39. The summed E-state index contributed by atoms with van der Waals surface area (Å²) in [7, 11) is 0. The summed E-state index contributed by atoms with van der Waals surface area (Å²) in [5, 5.41) is 12.8. The predicted molar refractivity (Wildman–Crippen MR) is 114 cm³/mol. The lowest BCUT2D eigenvalue weighted by Crippen LogP contribution is -2.39. The first-order valence-corrected chi connectivity index (χ1v) is 10.8. The monoisotopic (exact) mass is 423 g/mol. The topological polar surface area (TPSA) is 103 Å². The molecule has 2 aliphatic heterocycles. The number of nitrogens with one attached hydrogen (secondary N) is 2. The van der Waals surface area contributed by atoms with Crippen molar-refractivity contribution in [2.45, 2.75) is 37.6 Å². The third-order valence-corrected chi connectivity index (χ3v) is 6.05. The van der Waals surface area contributed by atoms with Gasteiger partial charge >= 0.3 is 0 Å². The normalized spacial score (nSPS) is 20.3. The molecule has 1 atom stereocenters. The number of amides is 2. The molecule has 1 aromatic heterocycles. The molecule has 0 aliphatic carbocycles. The summed E-state index contributed by atoms with van der Waals surface area (Å²) < 4.78 is 16.8. The minimum absolute atomic E-state index is 0.244. The largest absolute Gasteiger partial charge is 0.492 e. The van der Waals surface area contributed by atoms with Crippen molar-refractivity contribution in [1.29, 1.82) is 0 Å². The number of ether oxygens (including phenoxy) is 2. The first-order chi connectivity index (χ1) is 15.2. The van der Waals surface area contributed by atoms with Gasteiger partial charge in [0.05, 0.1) is 11.3 Å². The van der Waals surface area contributed by atoms with Gasteiger partial charge in [0.15, 0.2) is 5.58 Å². The zero-order chi connectivity index (χ0) is 21.2. The van der Waals surface area contributed by atoms with Crippen LogP contribution in [0.2, 0.25) is 0 Å². The average molecular weight is 423 g/mol. The summed E-state index contributed by atoms with van der Waals surface area (Å²) in [5.74, 6) is -0.260. The quantitative estimate of drug-likeness (QED) is 0.464. The molecular formula is C23H25N3O5. The molecule has 2 amide bonds. The lowest BCUT2D eigenvalue weighted by Gasteiger charge is -2.23. The molecule has 3 heterocycles. The number of hydrogen-bond acceptors (Lipinski definition) is 7. The number of hydrogen-bond donors (Lipinski definition) is 2. The van der Waals surface area contributed by atoms with E-state index in [2.05, 4.69) is 15.8 Å². The molecule has 31 heavy (non-hydrogen) atoms. The minimum atomic E-state index is -0.489. The highest BCUT2D eigenvalue weighted by Gasteiger charge is 2.32. The van der Waals surface area contributed by atoms with E-state index in [-0.39, 0.29) is 11.8 Å². The number of imide groups is 1. The molecule has 3 aromatic rings. The van der Waals surface area contributed by atoms with Gasteiger partial charge in [0.25, 0.3) is 0 Å². The number of carbonyl (C=O) groups excluding carboxylic acids is 2. The number of aromatic nitrogens is 1. The summed E-state index contributed by atoms with van der Waals surface area (Å²) in [6, 6.07) is 10.2. The van der Waals surface area contributed by atoms with E-state index < -0.39 is 5.92 Å². The van der Waals surface area contributed by atoms with Crippen molar-refractivity contribution in [3.05, 3.63) is 36.0 Å². The van der Waals surface area contributed by atoms with E-state index in [0.717, 1.165) is 54.5 Å². The van der Waals surface area contributed by atoms with Crippen molar-refractivity contribution in [3.63, 3.8) is 0 Å². The minimum Gasteiger partial charge on any atom is -0.492 e. The van der Waals surface area contributed by atoms with Crippen molar-refractivity contribution in [2.75, 3.05) is 26.4 Å². The van der Waals surface area contributed by atoms with Crippen molar-refractivity contribution in [3.8, 4) is 5.75 Å². The Morgan fingerprint density at radius 2 is 2.00 bits per heavy atom. The lowest BCUT2D eigenvalue weighted by atomic mass is 9.91. The highest BCUT2D eigenvalue weighted by molar-refractivity contribution is 6.10. The Kier molecular flexibility index (Phi) is 5.57. The zero-order valence-electron chi connectivity index (χ0n) is 17.2. The Labute approximate surface area is 179 Å². The van der Waals surface area contributed by atoms with Gasteiger partial charge in [0, 0.05) is 32.2 Å². The smallest absolute Gasteiger partial charge is 0.235 e. The maximum absolute atomic E-state index is 12.4. The van der Waals surface area contributed by atoms with Gasteiger partial charge in [0.2, 0.25) is 11.8 Å². The molecule has 8 heteroatoms. The number of fused-ring (bicyclic) bond motifs is 3. The summed E-state index contributed by atoms with van der Waals surface area (Å²) in [6.07, 6.45) is 2.82. The van der Waals surface area contributed by atoms with Crippen molar-refractivity contribution < 1.29 is 23.6 Å². The number of benzene rings is 2. The average Bonchev–Trinajstić information content (AvgIpc) is 3.21. The van der Waals surface area contributed by atoms with Gasteiger partial charge in [-0.05, 0) is 54.3 Å². The molecule has 0 spiro atoms. The van der Waals surface area contributed by atoms with Gasteiger partial charge in [-0.15, -0.1) is 0 Å². The molecule has 2 aliphatic rings. The third kappa shape index (κ3) is 4.13. The molecule has 5 rings (SSSR count).